The van der Waals surface area contributed by atoms with Crippen molar-refractivity contribution in [2.45, 2.75) is 27.3 Å². The minimum absolute atomic E-state index is 0.106. The van der Waals surface area contributed by atoms with Gasteiger partial charge in [-0.15, -0.1) is 0 Å². The molecule has 3 aromatic rings. The molecule has 0 fully saturated rings. The first-order valence-electron chi connectivity index (χ1n) is 8.90. The van der Waals surface area contributed by atoms with Crippen LogP contribution in [0.15, 0.2) is 41.4 Å². The lowest BCUT2D eigenvalue weighted by molar-refractivity contribution is -0.385. The zero-order valence-corrected chi connectivity index (χ0v) is 17.0. The Labute approximate surface area is 170 Å². The zero-order valence-electron chi connectivity index (χ0n) is 16.2. The Bertz CT molecular complexity index is 1190. The number of rotatable bonds is 5. The number of para-hydroxylation sites is 1. The molecule has 0 unspecified atom stereocenters. The summed E-state index contributed by atoms with van der Waals surface area (Å²) >= 11 is 1.24. The molecule has 0 saturated carbocycles. The first kappa shape index (κ1) is 20.4. The number of thiazole rings is 1. The average Bonchev–Trinajstić information content (AvgIpc) is 2.98. The molecule has 0 spiro atoms. The third-order valence-corrected chi connectivity index (χ3v) is 5.46. The van der Waals surface area contributed by atoms with Crippen LogP contribution in [0.4, 0.5) is 5.69 Å². The fourth-order valence-electron chi connectivity index (χ4n) is 2.86. The summed E-state index contributed by atoms with van der Waals surface area (Å²) < 4.78 is 7.50. The van der Waals surface area contributed by atoms with Crippen molar-refractivity contribution in [1.82, 2.24) is 4.57 Å². The van der Waals surface area contributed by atoms with Crippen molar-refractivity contribution >= 4 is 39.1 Å². The molecule has 1 aromatic heterocycles. The van der Waals surface area contributed by atoms with E-state index in [9.17, 15) is 19.7 Å². The molecule has 2 aromatic carbocycles. The maximum absolute atomic E-state index is 12.7. The van der Waals surface area contributed by atoms with Gasteiger partial charge in [0.25, 0.3) is 11.6 Å². The summed E-state index contributed by atoms with van der Waals surface area (Å²) in [6.07, 6.45) is 0. The second kappa shape index (κ2) is 8.36. The molecule has 0 aliphatic carbocycles. The summed E-state index contributed by atoms with van der Waals surface area (Å²) in [5.74, 6) is -1.19. The molecule has 0 aliphatic heterocycles. The van der Waals surface area contributed by atoms with Crippen LogP contribution in [-0.4, -0.2) is 28.0 Å². The van der Waals surface area contributed by atoms with Gasteiger partial charge in [-0.2, -0.15) is 4.99 Å². The molecule has 0 saturated heterocycles. The Balaban J connectivity index is 2.18. The molecular weight excluding hydrogens is 394 g/mol. The van der Waals surface area contributed by atoms with Gasteiger partial charge in [0.1, 0.15) is 12.1 Å². The van der Waals surface area contributed by atoms with E-state index in [2.05, 4.69) is 4.99 Å². The smallest absolute Gasteiger partial charge is 0.326 e. The summed E-state index contributed by atoms with van der Waals surface area (Å²) in [5.41, 5.74) is 2.43. The fraction of sp³-hybridized carbons (Fsp3) is 0.250. The first-order valence-corrected chi connectivity index (χ1v) is 9.72. The Morgan fingerprint density at radius 3 is 2.59 bits per heavy atom. The van der Waals surface area contributed by atoms with Crippen LogP contribution in [0.1, 0.15) is 28.4 Å². The highest BCUT2D eigenvalue weighted by atomic mass is 32.1. The van der Waals surface area contributed by atoms with Crippen molar-refractivity contribution in [3.05, 3.63) is 68.0 Å². The first-order chi connectivity index (χ1) is 13.8. The number of esters is 1. The number of hydrogen-bond acceptors (Lipinski definition) is 6. The SMILES string of the molecule is CCOC(=O)Cn1c(=NC(=O)c2ccccc2[N+](=O)[O-])sc2cc(C)c(C)cc21. The van der Waals surface area contributed by atoms with E-state index in [1.54, 1.807) is 17.6 Å². The maximum Gasteiger partial charge on any atom is 0.326 e. The summed E-state index contributed by atoms with van der Waals surface area (Å²) in [6, 6.07) is 9.54. The molecule has 29 heavy (non-hydrogen) atoms. The summed E-state index contributed by atoms with van der Waals surface area (Å²) in [5, 5.41) is 11.2. The number of amides is 1. The van der Waals surface area contributed by atoms with E-state index < -0.39 is 16.8 Å². The third kappa shape index (κ3) is 4.24. The molecule has 1 amide bonds. The molecule has 9 heteroatoms. The number of nitro groups is 1. The number of fused-ring (bicyclic) bond motifs is 1. The standard InChI is InChI=1S/C20H19N3O5S/c1-4-28-18(24)11-22-16-9-12(2)13(3)10-17(16)29-20(22)21-19(25)14-7-5-6-8-15(14)23(26)27/h5-10H,4,11H2,1-3H3. The zero-order chi connectivity index (χ0) is 21.1. The van der Waals surface area contributed by atoms with Crippen LogP contribution in [0.3, 0.4) is 0 Å². The van der Waals surface area contributed by atoms with E-state index in [0.29, 0.717) is 0 Å². The van der Waals surface area contributed by atoms with Crippen molar-refractivity contribution in [3.8, 4) is 0 Å². The van der Waals surface area contributed by atoms with Gasteiger partial charge in [0.2, 0.25) is 0 Å². The molecule has 0 bridgehead atoms. The molecule has 0 aliphatic rings. The number of carbonyl (C=O) groups excluding carboxylic acids is 2. The van der Waals surface area contributed by atoms with Gasteiger partial charge in [-0.1, -0.05) is 23.5 Å². The van der Waals surface area contributed by atoms with Crippen LogP contribution < -0.4 is 4.80 Å². The molecule has 1 heterocycles. The molecule has 0 radical (unpaired) electrons. The minimum atomic E-state index is -0.741. The molecular formula is C20H19N3O5S. The molecule has 0 N–H and O–H groups in total. The van der Waals surface area contributed by atoms with Crippen molar-refractivity contribution in [2.75, 3.05) is 6.61 Å². The largest absolute Gasteiger partial charge is 0.465 e. The van der Waals surface area contributed by atoms with Gasteiger partial charge in [0, 0.05) is 6.07 Å². The molecule has 0 atom stereocenters. The van der Waals surface area contributed by atoms with Gasteiger partial charge in [-0.25, -0.2) is 0 Å². The topological polar surface area (TPSA) is 104 Å². The van der Waals surface area contributed by atoms with Crippen LogP contribution in [0.2, 0.25) is 0 Å². The van der Waals surface area contributed by atoms with Gasteiger partial charge < -0.3 is 9.30 Å². The number of carbonyl (C=O) groups is 2. The highest BCUT2D eigenvalue weighted by Crippen LogP contribution is 2.23. The van der Waals surface area contributed by atoms with Crippen molar-refractivity contribution in [1.29, 1.82) is 0 Å². The number of benzene rings is 2. The van der Waals surface area contributed by atoms with E-state index in [4.69, 9.17) is 4.74 Å². The monoisotopic (exact) mass is 413 g/mol. The number of aryl methyl sites for hydroxylation is 2. The molecule has 8 nitrogen and oxygen atoms in total. The normalized spacial score (nSPS) is 11.6. The molecule has 150 valence electrons. The third-order valence-electron chi connectivity index (χ3n) is 4.42. The summed E-state index contributed by atoms with van der Waals surface area (Å²) in [4.78, 5) is 39.8. The Morgan fingerprint density at radius 2 is 1.90 bits per heavy atom. The number of nitrogens with zero attached hydrogens (tertiary/aromatic N) is 3. The fourth-order valence-corrected chi connectivity index (χ4v) is 3.96. The lowest BCUT2D eigenvalue weighted by Gasteiger charge is -2.06. The number of nitro benzene ring substituents is 1. The number of ether oxygens (including phenoxy) is 1. The van der Waals surface area contributed by atoms with E-state index in [1.807, 2.05) is 26.0 Å². The van der Waals surface area contributed by atoms with E-state index >= 15 is 0 Å². The lowest BCUT2D eigenvalue weighted by atomic mass is 10.1. The van der Waals surface area contributed by atoms with Gasteiger partial charge in [0.05, 0.1) is 21.7 Å². The number of aromatic nitrogens is 1. The van der Waals surface area contributed by atoms with Crippen molar-refractivity contribution in [2.24, 2.45) is 4.99 Å². The predicted molar refractivity (Wildman–Crippen MR) is 109 cm³/mol. The molecule has 3 rings (SSSR count). The van der Waals surface area contributed by atoms with E-state index in [-0.39, 0.29) is 29.2 Å². The lowest BCUT2D eigenvalue weighted by Crippen LogP contribution is -2.23. The second-order valence-corrected chi connectivity index (χ2v) is 7.38. The summed E-state index contributed by atoms with van der Waals surface area (Å²) in [6.45, 7) is 5.77. The second-order valence-electron chi connectivity index (χ2n) is 6.37. The number of hydrogen-bond donors (Lipinski definition) is 0. The average molecular weight is 413 g/mol. The van der Waals surface area contributed by atoms with Gasteiger partial charge >= 0.3 is 5.97 Å². The Morgan fingerprint density at radius 1 is 1.21 bits per heavy atom. The van der Waals surface area contributed by atoms with Crippen LogP contribution in [0.5, 0.6) is 0 Å². The Hall–Kier alpha value is -3.33. The van der Waals surface area contributed by atoms with E-state index in [0.717, 1.165) is 21.3 Å². The van der Waals surface area contributed by atoms with Gasteiger partial charge in [-0.3, -0.25) is 19.7 Å². The predicted octanol–water partition coefficient (Wildman–Crippen LogP) is 3.53. The summed E-state index contributed by atoms with van der Waals surface area (Å²) in [7, 11) is 0. The van der Waals surface area contributed by atoms with E-state index in [1.165, 1.54) is 29.5 Å². The van der Waals surface area contributed by atoms with Crippen LogP contribution in [0, 0.1) is 24.0 Å². The van der Waals surface area contributed by atoms with Gasteiger partial charge in [0.15, 0.2) is 4.80 Å². The van der Waals surface area contributed by atoms with Crippen LogP contribution in [0.25, 0.3) is 10.2 Å². The highest BCUT2D eigenvalue weighted by molar-refractivity contribution is 7.16. The quantitative estimate of drug-likeness (QED) is 0.362. The van der Waals surface area contributed by atoms with Crippen LogP contribution in [-0.2, 0) is 16.1 Å². The Kier molecular flexibility index (Phi) is 5.88. The minimum Gasteiger partial charge on any atom is -0.465 e. The van der Waals surface area contributed by atoms with Crippen LogP contribution >= 0.6 is 11.3 Å². The van der Waals surface area contributed by atoms with Gasteiger partial charge in [-0.05, 0) is 50.1 Å². The maximum atomic E-state index is 12.7. The highest BCUT2D eigenvalue weighted by Gasteiger charge is 2.20. The van der Waals surface area contributed by atoms with Crippen molar-refractivity contribution in [3.63, 3.8) is 0 Å². The van der Waals surface area contributed by atoms with Crippen molar-refractivity contribution < 1.29 is 19.2 Å².